The molecule has 7 heteroatoms. The zero-order chi connectivity index (χ0) is 25.1. The topological polar surface area (TPSA) is 76.5 Å². The number of benzene rings is 2. The molecule has 190 valence electrons. The van der Waals surface area contributed by atoms with Crippen molar-refractivity contribution in [1.82, 2.24) is 9.80 Å². The van der Waals surface area contributed by atoms with Crippen molar-refractivity contribution in [2.24, 2.45) is 0 Å². The van der Waals surface area contributed by atoms with Crippen molar-refractivity contribution in [3.8, 4) is 5.75 Å². The van der Waals surface area contributed by atoms with Gasteiger partial charge in [0.25, 0.3) is 0 Å². The van der Waals surface area contributed by atoms with Crippen LogP contribution in [-0.4, -0.2) is 89.5 Å². The van der Waals surface area contributed by atoms with Crippen molar-refractivity contribution in [3.63, 3.8) is 0 Å². The summed E-state index contributed by atoms with van der Waals surface area (Å²) in [5.74, 6) is 0.627. The first-order chi connectivity index (χ1) is 16.6. The van der Waals surface area contributed by atoms with Crippen molar-refractivity contribution in [3.05, 3.63) is 59.7 Å². The van der Waals surface area contributed by atoms with Crippen LogP contribution in [0.25, 0.3) is 0 Å². The van der Waals surface area contributed by atoms with Crippen molar-refractivity contribution in [1.29, 1.82) is 0 Å². The summed E-state index contributed by atoms with van der Waals surface area (Å²) in [7, 11) is 0. The number of hydrogen-bond donors (Lipinski definition) is 2. The van der Waals surface area contributed by atoms with E-state index in [9.17, 15) is 15.0 Å². The number of ether oxygens (including phenoxy) is 1. The summed E-state index contributed by atoms with van der Waals surface area (Å²) in [5, 5.41) is 23.0. The molecule has 2 N–H and O–H groups in total. The van der Waals surface area contributed by atoms with E-state index >= 15 is 0 Å². The lowest BCUT2D eigenvalue weighted by molar-refractivity contribution is -0.132. The number of carbonyl (C=O) groups excluding carboxylic acids is 1. The Morgan fingerprint density at radius 1 is 0.857 bits per heavy atom. The highest BCUT2D eigenvalue weighted by molar-refractivity contribution is 5.73. The average molecular weight is 482 g/mol. The van der Waals surface area contributed by atoms with Crippen LogP contribution in [0.15, 0.2) is 48.5 Å². The number of hydrogen-bond acceptors (Lipinski definition) is 6. The monoisotopic (exact) mass is 481 g/mol. The molecule has 2 heterocycles. The summed E-state index contributed by atoms with van der Waals surface area (Å²) in [5.41, 5.74) is 1.51. The maximum atomic E-state index is 12.2. The van der Waals surface area contributed by atoms with Crippen LogP contribution in [-0.2, 0) is 4.79 Å². The number of carbonyl (C=O) groups is 1. The van der Waals surface area contributed by atoms with E-state index in [4.69, 9.17) is 4.74 Å². The van der Waals surface area contributed by atoms with E-state index in [0.717, 1.165) is 18.7 Å². The normalized spacial score (nSPS) is 23.1. The Balaban J connectivity index is 1.40. The minimum absolute atomic E-state index is 0.0641. The maximum absolute atomic E-state index is 12.2. The lowest BCUT2D eigenvalue weighted by Gasteiger charge is -2.42. The van der Waals surface area contributed by atoms with E-state index in [1.54, 1.807) is 4.90 Å². The van der Waals surface area contributed by atoms with Gasteiger partial charge in [-0.15, -0.1) is 0 Å². The second kappa shape index (κ2) is 10.6. The Morgan fingerprint density at radius 2 is 1.46 bits per heavy atom. The molecular weight excluding hydrogens is 442 g/mol. The molecule has 2 aromatic rings. The first-order valence-electron chi connectivity index (χ1n) is 12.6. The van der Waals surface area contributed by atoms with Gasteiger partial charge in [-0.05, 0) is 51.0 Å². The highest BCUT2D eigenvalue weighted by Crippen LogP contribution is 2.29. The molecule has 2 aliphatic heterocycles. The third kappa shape index (κ3) is 6.75. The first-order valence-corrected chi connectivity index (χ1v) is 12.6. The van der Waals surface area contributed by atoms with E-state index < -0.39 is 11.2 Å². The molecule has 2 aliphatic rings. The number of β-amino-alcohol motifs (C(OH)–C–C–N with tert-alkyl or cyclic N) is 2. The molecule has 0 radical (unpaired) electrons. The molecule has 7 nitrogen and oxygen atoms in total. The summed E-state index contributed by atoms with van der Waals surface area (Å²) in [6.07, 6.45) is 1.32. The Bertz CT molecular complexity index is 986. The van der Waals surface area contributed by atoms with Crippen LogP contribution in [0.3, 0.4) is 0 Å². The van der Waals surface area contributed by atoms with Gasteiger partial charge in [-0.2, -0.15) is 0 Å². The largest absolute Gasteiger partial charge is 0.490 e. The maximum Gasteiger partial charge on any atom is 0.219 e. The molecule has 1 atom stereocenters. The molecule has 0 aliphatic carbocycles. The Kier molecular flexibility index (Phi) is 7.69. The smallest absolute Gasteiger partial charge is 0.219 e. The van der Waals surface area contributed by atoms with Crippen LogP contribution in [0.1, 0.15) is 30.9 Å². The molecule has 0 spiro atoms. The Morgan fingerprint density at radius 3 is 2.06 bits per heavy atom. The third-order valence-electron chi connectivity index (χ3n) is 7.27. The van der Waals surface area contributed by atoms with Gasteiger partial charge in [0, 0.05) is 51.9 Å². The Labute approximate surface area is 208 Å². The van der Waals surface area contributed by atoms with Crippen molar-refractivity contribution >= 4 is 11.6 Å². The van der Waals surface area contributed by atoms with Gasteiger partial charge in [-0.1, -0.05) is 35.4 Å². The number of rotatable bonds is 6. The number of anilines is 1. The minimum atomic E-state index is -1.23. The van der Waals surface area contributed by atoms with Crippen molar-refractivity contribution in [2.45, 2.75) is 44.8 Å². The van der Waals surface area contributed by atoms with Crippen LogP contribution in [0, 0.1) is 13.8 Å². The Hall–Kier alpha value is -2.61. The predicted molar refractivity (Wildman–Crippen MR) is 138 cm³/mol. The second-order valence-electron chi connectivity index (χ2n) is 10.5. The quantitative estimate of drug-likeness (QED) is 0.661. The summed E-state index contributed by atoms with van der Waals surface area (Å²) in [6, 6.07) is 16.2. The molecule has 35 heavy (non-hydrogen) atoms. The SMILES string of the molecule is CC(=O)N1CCN(CC2(O)CCN(c3ccc(C)cc3)CC2)C[C@@](O)(COc2ccc(C)cc2)C1. The van der Waals surface area contributed by atoms with Crippen LogP contribution >= 0.6 is 0 Å². The van der Waals surface area contributed by atoms with Gasteiger partial charge in [0.15, 0.2) is 0 Å². The second-order valence-corrected chi connectivity index (χ2v) is 10.5. The number of nitrogens with zero attached hydrogens (tertiary/aromatic N) is 3. The van der Waals surface area contributed by atoms with Gasteiger partial charge in [0.2, 0.25) is 5.91 Å². The van der Waals surface area contributed by atoms with E-state index in [1.165, 1.54) is 18.2 Å². The first kappa shape index (κ1) is 25.5. The lowest BCUT2D eigenvalue weighted by atomic mass is 9.90. The molecule has 0 bridgehead atoms. The zero-order valence-corrected chi connectivity index (χ0v) is 21.2. The minimum Gasteiger partial charge on any atom is -0.490 e. The molecular formula is C28H39N3O4. The van der Waals surface area contributed by atoms with E-state index in [1.807, 2.05) is 31.2 Å². The van der Waals surface area contributed by atoms with E-state index in [2.05, 4.69) is 41.0 Å². The molecule has 2 saturated heterocycles. The number of piperidine rings is 1. The average Bonchev–Trinajstić information content (AvgIpc) is 2.98. The van der Waals surface area contributed by atoms with Crippen LogP contribution in [0.4, 0.5) is 5.69 Å². The fourth-order valence-corrected chi connectivity index (χ4v) is 5.10. The number of amides is 1. The fraction of sp³-hybridized carbons (Fsp3) is 0.536. The van der Waals surface area contributed by atoms with E-state index in [0.29, 0.717) is 44.8 Å². The zero-order valence-electron chi connectivity index (χ0n) is 21.2. The van der Waals surface area contributed by atoms with Gasteiger partial charge < -0.3 is 24.7 Å². The van der Waals surface area contributed by atoms with Gasteiger partial charge in [-0.3, -0.25) is 9.69 Å². The summed E-state index contributed by atoms with van der Waals surface area (Å²) in [4.78, 5) is 18.3. The van der Waals surface area contributed by atoms with Gasteiger partial charge >= 0.3 is 0 Å². The van der Waals surface area contributed by atoms with Gasteiger partial charge in [0.1, 0.15) is 18.0 Å². The molecule has 2 fully saturated rings. The van der Waals surface area contributed by atoms with Crippen molar-refractivity contribution in [2.75, 3.05) is 57.3 Å². The molecule has 2 aromatic carbocycles. The van der Waals surface area contributed by atoms with Crippen LogP contribution in [0.5, 0.6) is 5.75 Å². The van der Waals surface area contributed by atoms with Crippen molar-refractivity contribution < 1.29 is 19.7 Å². The standard InChI is InChI=1S/C28H39N3O4/c1-22-4-8-25(9-5-22)30-14-12-27(33,13-15-30)18-29-16-17-31(24(3)32)20-28(34,19-29)21-35-26-10-6-23(2)7-11-26/h4-11,33-34H,12-21H2,1-3H3/t28-/m0/s1. The highest BCUT2D eigenvalue weighted by atomic mass is 16.5. The molecule has 4 rings (SSSR count). The predicted octanol–water partition coefficient (Wildman–Crippen LogP) is 2.61. The highest BCUT2D eigenvalue weighted by Gasteiger charge is 2.40. The molecule has 0 saturated carbocycles. The van der Waals surface area contributed by atoms with Gasteiger partial charge in [-0.25, -0.2) is 0 Å². The molecule has 1 amide bonds. The van der Waals surface area contributed by atoms with Crippen LogP contribution in [0.2, 0.25) is 0 Å². The third-order valence-corrected chi connectivity index (χ3v) is 7.27. The molecule has 0 unspecified atom stereocenters. The van der Waals surface area contributed by atoms with E-state index in [-0.39, 0.29) is 19.1 Å². The summed E-state index contributed by atoms with van der Waals surface area (Å²) >= 11 is 0. The summed E-state index contributed by atoms with van der Waals surface area (Å²) < 4.78 is 5.94. The number of aliphatic hydroxyl groups is 2. The van der Waals surface area contributed by atoms with Gasteiger partial charge in [0.05, 0.1) is 12.1 Å². The fourth-order valence-electron chi connectivity index (χ4n) is 5.10. The summed E-state index contributed by atoms with van der Waals surface area (Å²) in [6.45, 7) is 9.43. The number of aryl methyl sites for hydroxylation is 2. The van der Waals surface area contributed by atoms with Crippen LogP contribution < -0.4 is 9.64 Å². The lowest BCUT2D eigenvalue weighted by Crippen LogP contribution is -2.55. The molecule has 0 aromatic heterocycles.